The molecule has 0 amide bonds. The highest BCUT2D eigenvalue weighted by Gasteiger charge is 2.18. The number of nitrogens with zero attached hydrogens (tertiary/aromatic N) is 1. The molecule has 0 radical (unpaired) electrons. The van der Waals surface area contributed by atoms with Crippen LogP contribution in [-0.4, -0.2) is 23.8 Å². The van der Waals surface area contributed by atoms with Crippen molar-refractivity contribution in [2.75, 3.05) is 7.11 Å². The second kappa shape index (κ2) is 4.50. The van der Waals surface area contributed by atoms with Gasteiger partial charge in [0.1, 0.15) is 0 Å². The number of ether oxygens (including phenoxy) is 1. The molecule has 5 nitrogen and oxygen atoms in total. The Bertz CT molecular complexity index is 570. The lowest BCUT2D eigenvalue weighted by atomic mass is 10.3. The van der Waals surface area contributed by atoms with Crippen molar-refractivity contribution in [2.45, 2.75) is 6.92 Å². The van der Waals surface area contributed by atoms with Gasteiger partial charge in [-0.15, -0.1) is 11.3 Å². The van der Waals surface area contributed by atoms with Crippen LogP contribution in [0.1, 0.15) is 31.0 Å². The zero-order valence-electron chi connectivity index (χ0n) is 9.22. The van der Waals surface area contributed by atoms with Crippen LogP contribution in [-0.2, 0) is 4.74 Å². The van der Waals surface area contributed by atoms with Crippen LogP contribution in [0.5, 0.6) is 0 Å². The van der Waals surface area contributed by atoms with Crippen molar-refractivity contribution < 1.29 is 18.7 Å². The van der Waals surface area contributed by atoms with Crippen molar-refractivity contribution >= 4 is 23.1 Å². The van der Waals surface area contributed by atoms with E-state index in [1.807, 2.05) is 6.92 Å². The number of esters is 1. The SMILES string of the molecule is COC(=O)c1ccc(C(=O)c2cnc(C)s2)o1. The second-order valence-corrected chi connectivity index (χ2v) is 4.46. The number of ketones is 1. The van der Waals surface area contributed by atoms with Gasteiger partial charge in [0.2, 0.25) is 11.5 Å². The molecule has 2 heterocycles. The van der Waals surface area contributed by atoms with Crippen molar-refractivity contribution in [1.82, 2.24) is 4.98 Å². The topological polar surface area (TPSA) is 69.4 Å². The van der Waals surface area contributed by atoms with E-state index in [9.17, 15) is 9.59 Å². The molecule has 0 saturated carbocycles. The predicted octanol–water partition coefficient (Wildman–Crippen LogP) is 2.06. The lowest BCUT2D eigenvalue weighted by Gasteiger charge is -1.93. The van der Waals surface area contributed by atoms with Gasteiger partial charge in [0, 0.05) is 6.20 Å². The van der Waals surface area contributed by atoms with Crippen LogP contribution in [0, 0.1) is 6.92 Å². The number of furan rings is 1. The molecular formula is C11H9NO4S. The van der Waals surface area contributed by atoms with Gasteiger partial charge in [-0.25, -0.2) is 9.78 Å². The second-order valence-electron chi connectivity index (χ2n) is 3.23. The molecule has 0 aliphatic carbocycles. The smallest absolute Gasteiger partial charge is 0.373 e. The Morgan fingerprint density at radius 3 is 2.65 bits per heavy atom. The Morgan fingerprint density at radius 1 is 1.35 bits per heavy atom. The third kappa shape index (κ3) is 2.26. The summed E-state index contributed by atoms with van der Waals surface area (Å²) in [5, 5.41) is 0.799. The molecule has 17 heavy (non-hydrogen) atoms. The van der Waals surface area contributed by atoms with Crippen molar-refractivity contribution in [3.63, 3.8) is 0 Å². The van der Waals surface area contributed by atoms with Gasteiger partial charge >= 0.3 is 5.97 Å². The summed E-state index contributed by atoms with van der Waals surface area (Å²) in [6, 6.07) is 2.86. The van der Waals surface area contributed by atoms with E-state index in [0.717, 1.165) is 5.01 Å². The summed E-state index contributed by atoms with van der Waals surface area (Å²) in [4.78, 5) is 27.5. The first kappa shape index (κ1) is 11.5. The number of hydrogen-bond donors (Lipinski definition) is 0. The first-order valence-electron chi connectivity index (χ1n) is 4.77. The van der Waals surface area contributed by atoms with Crippen molar-refractivity contribution in [3.8, 4) is 0 Å². The highest BCUT2D eigenvalue weighted by molar-refractivity contribution is 7.13. The molecule has 0 fully saturated rings. The predicted molar refractivity (Wildman–Crippen MR) is 60.3 cm³/mol. The van der Waals surface area contributed by atoms with Crippen LogP contribution >= 0.6 is 11.3 Å². The number of carbonyl (C=O) groups is 2. The molecular weight excluding hydrogens is 242 g/mol. The maximum atomic E-state index is 11.9. The third-order valence-corrected chi connectivity index (χ3v) is 2.97. The van der Waals surface area contributed by atoms with E-state index in [1.165, 1.54) is 36.8 Å². The summed E-state index contributed by atoms with van der Waals surface area (Å²) in [5.41, 5.74) is 0. The molecule has 0 unspecified atom stereocenters. The molecule has 2 rings (SSSR count). The Hall–Kier alpha value is -1.95. The standard InChI is InChI=1S/C11H9NO4S/c1-6-12-5-9(17-6)10(13)7-3-4-8(16-7)11(14)15-2/h3-5H,1-2H3. The van der Waals surface area contributed by atoms with E-state index in [-0.39, 0.29) is 17.3 Å². The van der Waals surface area contributed by atoms with Crippen LogP contribution in [0.2, 0.25) is 0 Å². The lowest BCUT2D eigenvalue weighted by Crippen LogP contribution is -2.00. The van der Waals surface area contributed by atoms with Crippen molar-refractivity contribution in [1.29, 1.82) is 0 Å². The number of methoxy groups -OCH3 is 1. The average Bonchev–Trinajstić information content (AvgIpc) is 2.95. The lowest BCUT2D eigenvalue weighted by molar-refractivity contribution is 0.0563. The van der Waals surface area contributed by atoms with E-state index in [4.69, 9.17) is 4.42 Å². The van der Waals surface area contributed by atoms with Crippen LogP contribution in [0.15, 0.2) is 22.7 Å². The zero-order valence-corrected chi connectivity index (χ0v) is 10.0. The average molecular weight is 251 g/mol. The first-order valence-corrected chi connectivity index (χ1v) is 5.58. The Balaban J connectivity index is 2.26. The zero-order chi connectivity index (χ0) is 12.4. The Labute approximate surface area is 101 Å². The van der Waals surface area contributed by atoms with Crippen LogP contribution < -0.4 is 0 Å². The minimum absolute atomic E-state index is 0.0112. The van der Waals surface area contributed by atoms with Gasteiger partial charge in [-0.1, -0.05) is 0 Å². The van der Waals surface area contributed by atoms with Gasteiger partial charge in [0.25, 0.3) is 0 Å². The van der Waals surface area contributed by atoms with Gasteiger partial charge in [-0.05, 0) is 19.1 Å². The van der Waals surface area contributed by atoms with E-state index < -0.39 is 5.97 Å². The summed E-state index contributed by atoms with van der Waals surface area (Å²) >= 11 is 1.28. The summed E-state index contributed by atoms with van der Waals surface area (Å²) < 4.78 is 9.60. The van der Waals surface area contributed by atoms with Gasteiger partial charge in [-0.2, -0.15) is 0 Å². The molecule has 0 bridgehead atoms. The molecule has 2 aromatic rings. The maximum absolute atomic E-state index is 11.9. The van der Waals surface area contributed by atoms with Crippen LogP contribution in [0.4, 0.5) is 0 Å². The van der Waals surface area contributed by atoms with Crippen LogP contribution in [0.3, 0.4) is 0 Å². The molecule has 0 atom stereocenters. The van der Waals surface area contributed by atoms with Crippen molar-refractivity contribution in [3.05, 3.63) is 39.7 Å². The number of thiazole rings is 1. The summed E-state index contributed by atoms with van der Waals surface area (Å²) in [5.74, 6) is -0.776. The first-order chi connectivity index (χ1) is 8.11. The van der Waals surface area contributed by atoms with E-state index >= 15 is 0 Å². The molecule has 0 aromatic carbocycles. The van der Waals surface area contributed by atoms with Gasteiger partial charge in [0.05, 0.1) is 17.0 Å². The molecule has 0 aliphatic rings. The summed E-state index contributed by atoms with van der Waals surface area (Å²) in [6.45, 7) is 1.81. The minimum atomic E-state index is -0.607. The monoisotopic (exact) mass is 251 g/mol. The fraction of sp³-hybridized carbons (Fsp3) is 0.182. The molecule has 0 saturated heterocycles. The van der Waals surface area contributed by atoms with E-state index in [1.54, 1.807) is 0 Å². The summed E-state index contributed by atoms with van der Waals surface area (Å²) in [6.07, 6.45) is 1.49. The van der Waals surface area contributed by atoms with Gasteiger partial charge < -0.3 is 9.15 Å². The largest absolute Gasteiger partial charge is 0.463 e. The van der Waals surface area contributed by atoms with Crippen LogP contribution in [0.25, 0.3) is 0 Å². The molecule has 0 N–H and O–H groups in total. The Kier molecular flexibility index (Phi) is 3.06. The molecule has 2 aromatic heterocycles. The van der Waals surface area contributed by atoms with Gasteiger partial charge in [0.15, 0.2) is 5.76 Å². The molecule has 0 aliphatic heterocycles. The van der Waals surface area contributed by atoms with Gasteiger partial charge in [-0.3, -0.25) is 4.79 Å². The minimum Gasteiger partial charge on any atom is -0.463 e. The number of aryl methyl sites for hydroxylation is 1. The fourth-order valence-electron chi connectivity index (χ4n) is 1.26. The molecule has 88 valence electrons. The quantitative estimate of drug-likeness (QED) is 0.617. The summed E-state index contributed by atoms with van der Waals surface area (Å²) in [7, 11) is 1.25. The molecule has 0 spiro atoms. The highest BCUT2D eigenvalue weighted by Crippen LogP contribution is 2.18. The van der Waals surface area contributed by atoms with Crippen molar-refractivity contribution in [2.24, 2.45) is 0 Å². The number of carbonyl (C=O) groups excluding carboxylic acids is 2. The van der Waals surface area contributed by atoms with E-state index in [0.29, 0.717) is 4.88 Å². The Morgan fingerprint density at radius 2 is 2.06 bits per heavy atom. The third-order valence-electron chi connectivity index (χ3n) is 2.06. The number of rotatable bonds is 3. The molecule has 6 heteroatoms. The normalized spacial score (nSPS) is 10.2. The number of hydrogen-bond acceptors (Lipinski definition) is 6. The van der Waals surface area contributed by atoms with E-state index in [2.05, 4.69) is 9.72 Å². The maximum Gasteiger partial charge on any atom is 0.373 e. The highest BCUT2D eigenvalue weighted by atomic mass is 32.1. The number of aromatic nitrogens is 1. The fourth-order valence-corrected chi connectivity index (χ4v) is 1.98.